The van der Waals surface area contributed by atoms with Crippen LogP contribution >= 0.6 is 0 Å². The van der Waals surface area contributed by atoms with Crippen molar-refractivity contribution in [2.24, 2.45) is 5.92 Å². The molecule has 3 atom stereocenters. The molecule has 2 aliphatic rings. The normalized spacial score (nSPS) is 28.6. The molecule has 2 N–H and O–H groups in total. The van der Waals surface area contributed by atoms with Gasteiger partial charge in [0, 0.05) is 6.42 Å². The van der Waals surface area contributed by atoms with E-state index in [4.69, 9.17) is 14.2 Å². The number of rotatable bonds is 2. The molecule has 1 aromatic carbocycles. The lowest BCUT2D eigenvalue weighted by molar-refractivity contribution is -0.173. The second kappa shape index (κ2) is 5.52. The van der Waals surface area contributed by atoms with Crippen molar-refractivity contribution >= 4 is 17.5 Å². The highest BCUT2D eigenvalue weighted by Crippen LogP contribution is 2.50. The fourth-order valence-corrected chi connectivity index (χ4v) is 3.42. The predicted octanol–water partition coefficient (Wildman–Crippen LogP) is 1.02. The van der Waals surface area contributed by atoms with E-state index in [0.29, 0.717) is 0 Å². The lowest BCUT2D eigenvalue weighted by atomic mass is 9.69. The first-order valence-electron chi connectivity index (χ1n) is 7.48. The van der Waals surface area contributed by atoms with Crippen molar-refractivity contribution in [3.8, 4) is 11.5 Å². The molecule has 7 nitrogen and oxygen atoms in total. The quantitative estimate of drug-likeness (QED) is 0.779. The monoisotopic (exact) mass is 334 g/mol. The van der Waals surface area contributed by atoms with Crippen LogP contribution < -0.4 is 4.74 Å². The first kappa shape index (κ1) is 16.3. The second-order valence-electron chi connectivity index (χ2n) is 5.94. The Morgan fingerprint density at radius 2 is 2.08 bits per heavy atom. The van der Waals surface area contributed by atoms with Gasteiger partial charge in [-0.2, -0.15) is 0 Å². The van der Waals surface area contributed by atoms with Gasteiger partial charge in [-0.3, -0.25) is 4.79 Å². The van der Waals surface area contributed by atoms with Crippen molar-refractivity contribution in [3.63, 3.8) is 0 Å². The summed E-state index contributed by atoms with van der Waals surface area (Å²) in [5.74, 6) is -1.83. The van der Waals surface area contributed by atoms with Crippen LogP contribution in [0.2, 0.25) is 0 Å². The maximum absolute atomic E-state index is 12.7. The van der Waals surface area contributed by atoms with Crippen LogP contribution in [0.4, 0.5) is 0 Å². The van der Waals surface area contributed by atoms with Gasteiger partial charge < -0.3 is 24.4 Å². The van der Waals surface area contributed by atoms with Crippen LogP contribution in [0.1, 0.15) is 18.9 Å². The number of esters is 1. The van der Waals surface area contributed by atoms with Crippen LogP contribution in [-0.2, 0) is 19.1 Å². The van der Waals surface area contributed by atoms with Gasteiger partial charge in [-0.15, -0.1) is 0 Å². The first-order valence-corrected chi connectivity index (χ1v) is 7.48. The number of aliphatic hydroxyl groups excluding tert-OH is 1. The summed E-state index contributed by atoms with van der Waals surface area (Å²) in [7, 11) is 2.47. The maximum Gasteiger partial charge on any atom is 0.358 e. The van der Waals surface area contributed by atoms with Crippen molar-refractivity contribution < 1.29 is 34.0 Å². The minimum atomic E-state index is -2.02. The molecule has 1 aliphatic carbocycles. The highest BCUT2D eigenvalue weighted by atomic mass is 16.6. The Labute approximate surface area is 138 Å². The van der Waals surface area contributed by atoms with Crippen molar-refractivity contribution in [2.45, 2.75) is 25.0 Å². The van der Waals surface area contributed by atoms with Gasteiger partial charge in [0.2, 0.25) is 0 Å². The van der Waals surface area contributed by atoms with Crippen molar-refractivity contribution in [3.05, 3.63) is 29.3 Å². The van der Waals surface area contributed by atoms with E-state index in [2.05, 4.69) is 0 Å². The number of methoxy groups -OCH3 is 2. The van der Waals surface area contributed by atoms with Gasteiger partial charge in [-0.25, -0.2) is 4.79 Å². The SMILES string of the molecule is COC(=O)[C@@]12Oc3cccc(O)c3C(OC)=C1C(=O)C[C@H](C)[C@H]2O. The smallest absolute Gasteiger partial charge is 0.358 e. The van der Waals surface area contributed by atoms with E-state index in [9.17, 15) is 19.8 Å². The number of fused-ring (bicyclic) bond motifs is 2. The molecule has 128 valence electrons. The third-order valence-corrected chi connectivity index (χ3v) is 4.54. The number of ketones is 1. The van der Waals surface area contributed by atoms with Gasteiger partial charge >= 0.3 is 5.97 Å². The molecular formula is C17H18O7. The number of aromatic hydroxyl groups is 1. The number of benzene rings is 1. The molecule has 0 spiro atoms. The van der Waals surface area contributed by atoms with Crippen LogP contribution in [0.15, 0.2) is 23.8 Å². The summed E-state index contributed by atoms with van der Waals surface area (Å²) in [5.41, 5.74) is -1.98. The van der Waals surface area contributed by atoms with Gasteiger partial charge in [0.05, 0.1) is 19.8 Å². The van der Waals surface area contributed by atoms with Crippen molar-refractivity contribution in [2.75, 3.05) is 14.2 Å². The van der Waals surface area contributed by atoms with Crippen LogP contribution in [0.3, 0.4) is 0 Å². The Morgan fingerprint density at radius 1 is 1.38 bits per heavy atom. The molecule has 1 aromatic rings. The lowest BCUT2D eigenvalue weighted by Gasteiger charge is -2.45. The zero-order valence-electron chi connectivity index (χ0n) is 13.5. The Balaban J connectivity index is 2.39. The summed E-state index contributed by atoms with van der Waals surface area (Å²) in [5, 5.41) is 20.9. The van der Waals surface area contributed by atoms with E-state index >= 15 is 0 Å². The molecule has 0 aromatic heterocycles. The molecule has 3 rings (SSSR count). The number of phenols is 1. The number of Topliss-reactive ketones (excluding diaryl/α,β-unsaturated/α-hetero) is 1. The average Bonchev–Trinajstić information content (AvgIpc) is 2.57. The molecule has 0 saturated heterocycles. The van der Waals surface area contributed by atoms with Gasteiger partial charge in [-0.05, 0) is 18.1 Å². The Bertz CT molecular complexity index is 751. The standard InChI is InChI=1S/C17H18O7/c1-8-7-10(19)13-14(22-2)12-9(18)5-4-6-11(12)24-17(13,15(8)20)16(21)23-3/h4-6,8,15,18,20H,7H2,1-3H3/t8-,15+,17+/m0/s1. The molecule has 0 unspecified atom stereocenters. The maximum atomic E-state index is 12.7. The van der Waals surface area contributed by atoms with Crippen molar-refractivity contribution in [1.82, 2.24) is 0 Å². The number of ether oxygens (including phenoxy) is 3. The highest BCUT2D eigenvalue weighted by Gasteiger charge is 2.63. The van der Waals surface area contributed by atoms with Gasteiger partial charge in [0.25, 0.3) is 5.60 Å². The molecule has 1 aliphatic heterocycles. The van der Waals surface area contributed by atoms with Crippen LogP contribution in [0.5, 0.6) is 11.5 Å². The van der Waals surface area contributed by atoms with Crippen LogP contribution in [0.25, 0.3) is 5.76 Å². The number of hydrogen-bond donors (Lipinski definition) is 2. The van der Waals surface area contributed by atoms with Crippen LogP contribution in [-0.4, -0.2) is 47.9 Å². The summed E-state index contributed by atoms with van der Waals surface area (Å²) < 4.78 is 16.0. The minimum Gasteiger partial charge on any atom is -0.507 e. The highest BCUT2D eigenvalue weighted by molar-refractivity contribution is 6.12. The molecule has 1 fully saturated rings. The minimum absolute atomic E-state index is 0.00991. The third-order valence-electron chi connectivity index (χ3n) is 4.54. The molecular weight excluding hydrogens is 316 g/mol. The predicted molar refractivity (Wildman–Crippen MR) is 82.2 cm³/mol. The van der Waals surface area contributed by atoms with Gasteiger partial charge in [0.15, 0.2) is 5.78 Å². The summed E-state index contributed by atoms with van der Waals surface area (Å²) in [6, 6.07) is 4.46. The van der Waals surface area contributed by atoms with Gasteiger partial charge in [0.1, 0.15) is 28.9 Å². The molecule has 0 radical (unpaired) electrons. The Hall–Kier alpha value is -2.54. The molecule has 0 bridgehead atoms. The molecule has 7 heteroatoms. The van der Waals surface area contributed by atoms with Crippen LogP contribution in [0, 0.1) is 5.92 Å². The molecule has 1 saturated carbocycles. The van der Waals surface area contributed by atoms with E-state index in [1.54, 1.807) is 6.92 Å². The number of carbonyl (C=O) groups is 2. The summed E-state index contributed by atoms with van der Waals surface area (Å²) in [4.78, 5) is 25.3. The molecule has 0 amide bonds. The zero-order valence-corrected chi connectivity index (χ0v) is 13.5. The summed E-state index contributed by atoms with van der Waals surface area (Å²) >= 11 is 0. The molecule has 1 heterocycles. The van der Waals surface area contributed by atoms with Gasteiger partial charge in [-0.1, -0.05) is 13.0 Å². The third kappa shape index (κ3) is 1.94. The fourth-order valence-electron chi connectivity index (χ4n) is 3.42. The van der Waals surface area contributed by atoms with E-state index in [1.807, 2.05) is 0 Å². The van der Waals surface area contributed by atoms with E-state index in [0.717, 1.165) is 7.11 Å². The Morgan fingerprint density at radius 3 is 2.71 bits per heavy atom. The number of phenolic OH excluding ortho intramolecular Hbond substituents is 1. The zero-order chi connectivity index (χ0) is 17.6. The summed E-state index contributed by atoms with van der Waals surface area (Å²) in [6.45, 7) is 1.65. The van der Waals surface area contributed by atoms with Crippen molar-refractivity contribution in [1.29, 1.82) is 0 Å². The average molecular weight is 334 g/mol. The number of hydrogen-bond acceptors (Lipinski definition) is 7. The Kier molecular flexibility index (Phi) is 3.76. The number of aliphatic hydroxyl groups is 1. The second-order valence-corrected chi connectivity index (χ2v) is 5.94. The number of carbonyl (C=O) groups excluding carboxylic acids is 2. The molecule has 24 heavy (non-hydrogen) atoms. The van der Waals surface area contributed by atoms with E-state index in [1.165, 1.54) is 25.3 Å². The fraction of sp³-hybridized carbons (Fsp3) is 0.412. The van der Waals surface area contributed by atoms with E-state index in [-0.39, 0.29) is 34.8 Å². The topological polar surface area (TPSA) is 102 Å². The largest absolute Gasteiger partial charge is 0.507 e. The first-order chi connectivity index (χ1) is 11.4. The van der Waals surface area contributed by atoms with E-state index < -0.39 is 29.4 Å². The summed E-state index contributed by atoms with van der Waals surface area (Å²) in [6.07, 6.45) is -1.28. The lowest BCUT2D eigenvalue weighted by Crippen LogP contribution is -2.64.